The van der Waals surface area contributed by atoms with Crippen LogP contribution in [0.2, 0.25) is 0 Å². The van der Waals surface area contributed by atoms with E-state index in [0.717, 1.165) is 16.6 Å². The lowest BCUT2D eigenvalue weighted by atomic mass is 10.2. The van der Waals surface area contributed by atoms with Gasteiger partial charge in [-0.05, 0) is 30.5 Å². The molecule has 0 aliphatic heterocycles. The zero-order valence-corrected chi connectivity index (χ0v) is 13.1. The predicted octanol–water partition coefficient (Wildman–Crippen LogP) is 3.30. The van der Waals surface area contributed by atoms with E-state index in [-0.39, 0.29) is 6.54 Å². The number of alkyl halides is 3. The second-order valence-corrected chi connectivity index (χ2v) is 5.61. The number of benzene rings is 1. The average Bonchev–Trinajstić information content (AvgIpc) is 2.84. The average molecular weight is 349 g/mol. The number of para-hydroxylation sites is 1. The molecule has 0 unspecified atom stereocenters. The topological polar surface area (TPSA) is 66.9 Å². The number of anilines is 1. The molecule has 25 heavy (non-hydrogen) atoms. The molecule has 0 spiro atoms. The number of nitrogens with one attached hydrogen (secondary N) is 2. The van der Waals surface area contributed by atoms with Crippen LogP contribution in [0.3, 0.4) is 0 Å². The zero-order chi connectivity index (χ0) is 18.2. The Balaban J connectivity index is 1.86. The first-order valence-electron chi connectivity index (χ1n) is 7.40. The molecule has 0 atom stereocenters. The van der Waals surface area contributed by atoms with Crippen molar-refractivity contribution in [2.75, 3.05) is 5.32 Å². The molecule has 8 heteroatoms. The number of aromatic nitrogens is 2. The van der Waals surface area contributed by atoms with Crippen molar-refractivity contribution in [1.82, 2.24) is 9.55 Å². The Kier molecular flexibility index (Phi) is 4.12. The highest BCUT2D eigenvalue weighted by atomic mass is 19.4. The van der Waals surface area contributed by atoms with E-state index in [9.17, 15) is 22.8 Å². The second-order valence-electron chi connectivity index (χ2n) is 5.61. The first kappa shape index (κ1) is 16.8. The number of nitrogens with zero attached hydrogens (tertiary/aromatic N) is 1. The number of fused-ring (bicyclic) bond motifs is 1. The maximum Gasteiger partial charge on any atom is 0.417 e. The van der Waals surface area contributed by atoms with E-state index in [4.69, 9.17) is 0 Å². The van der Waals surface area contributed by atoms with Crippen LogP contribution in [0.1, 0.15) is 11.3 Å². The molecular formula is C17H14F3N3O2. The highest BCUT2D eigenvalue weighted by molar-refractivity contribution is 5.92. The van der Waals surface area contributed by atoms with Gasteiger partial charge in [0.05, 0.1) is 5.56 Å². The van der Waals surface area contributed by atoms with E-state index in [1.807, 2.05) is 42.2 Å². The van der Waals surface area contributed by atoms with Crippen LogP contribution in [0.4, 0.5) is 18.9 Å². The molecule has 0 saturated carbocycles. The summed E-state index contributed by atoms with van der Waals surface area (Å²) in [6.45, 7) is 1.71. The van der Waals surface area contributed by atoms with Crippen molar-refractivity contribution in [3.8, 4) is 0 Å². The van der Waals surface area contributed by atoms with Gasteiger partial charge < -0.3 is 14.9 Å². The summed E-state index contributed by atoms with van der Waals surface area (Å²) in [6.07, 6.45) is -4.04. The first-order valence-corrected chi connectivity index (χ1v) is 7.40. The Hall–Kier alpha value is -3.03. The number of aromatic amines is 1. The summed E-state index contributed by atoms with van der Waals surface area (Å²) in [7, 11) is 0. The molecule has 0 saturated heterocycles. The lowest BCUT2D eigenvalue weighted by molar-refractivity contribution is -0.137. The molecule has 1 amide bonds. The normalized spacial score (nSPS) is 11.7. The molecule has 5 nitrogen and oxygen atoms in total. The van der Waals surface area contributed by atoms with E-state index in [1.165, 1.54) is 0 Å². The van der Waals surface area contributed by atoms with Gasteiger partial charge in [0.25, 0.3) is 5.56 Å². The number of hydrogen-bond acceptors (Lipinski definition) is 2. The summed E-state index contributed by atoms with van der Waals surface area (Å²) in [5.74, 6) is -0.589. The van der Waals surface area contributed by atoms with Crippen LogP contribution >= 0.6 is 0 Å². The quantitative estimate of drug-likeness (QED) is 0.762. The SMILES string of the molecule is Cc1cc2ccccc2n1CC(=O)Nc1cc(C(F)(F)F)c[nH]c1=O. The number of H-pyrrole nitrogens is 1. The fourth-order valence-electron chi connectivity index (χ4n) is 2.63. The van der Waals surface area contributed by atoms with Crippen LogP contribution in [-0.2, 0) is 17.5 Å². The molecule has 0 aliphatic rings. The minimum atomic E-state index is -4.61. The lowest BCUT2D eigenvalue weighted by Crippen LogP contribution is -2.24. The van der Waals surface area contributed by atoms with Crippen molar-refractivity contribution in [2.45, 2.75) is 19.6 Å². The van der Waals surface area contributed by atoms with Crippen molar-refractivity contribution in [1.29, 1.82) is 0 Å². The van der Waals surface area contributed by atoms with Crippen molar-refractivity contribution in [2.24, 2.45) is 0 Å². The Labute approximate surface area is 140 Å². The van der Waals surface area contributed by atoms with Gasteiger partial charge in [0.1, 0.15) is 12.2 Å². The Bertz CT molecular complexity index is 1000. The maximum absolute atomic E-state index is 12.7. The molecule has 1 aromatic carbocycles. The van der Waals surface area contributed by atoms with Crippen LogP contribution in [0.15, 0.2) is 47.4 Å². The molecule has 0 radical (unpaired) electrons. The van der Waals surface area contributed by atoms with Gasteiger partial charge in [0, 0.05) is 17.4 Å². The zero-order valence-electron chi connectivity index (χ0n) is 13.1. The summed E-state index contributed by atoms with van der Waals surface area (Å²) in [4.78, 5) is 25.9. The van der Waals surface area contributed by atoms with Gasteiger partial charge in [-0.3, -0.25) is 9.59 Å². The molecular weight excluding hydrogens is 335 g/mol. The van der Waals surface area contributed by atoms with Gasteiger partial charge in [-0.2, -0.15) is 13.2 Å². The number of pyridine rings is 1. The van der Waals surface area contributed by atoms with E-state index in [0.29, 0.717) is 12.3 Å². The third kappa shape index (κ3) is 3.42. The molecule has 2 aromatic heterocycles. The molecule has 2 N–H and O–H groups in total. The van der Waals surface area contributed by atoms with Crippen molar-refractivity contribution in [3.63, 3.8) is 0 Å². The highest BCUT2D eigenvalue weighted by Gasteiger charge is 2.31. The summed E-state index contributed by atoms with van der Waals surface area (Å²) in [5, 5.41) is 3.20. The fraction of sp³-hybridized carbons (Fsp3) is 0.176. The Morgan fingerprint density at radius 1 is 1.24 bits per heavy atom. The van der Waals surface area contributed by atoms with Crippen LogP contribution in [0, 0.1) is 6.92 Å². The van der Waals surface area contributed by atoms with Crippen molar-refractivity contribution >= 4 is 22.5 Å². The number of amides is 1. The van der Waals surface area contributed by atoms with E-state index in [2.05, 4.69) is 5.32 Å². The molecule has 0 fully saturated rings. The number of hydrogen-bond donors (Lipinski definition) is 2. The minimum Gasteiger partial charge on any atom is -0.335 e. The van der Waals surface area contributed by atoms with Gasteiger partial charge in [-0.25, -0.2) is 0 Å². The Morgan fingerprint density at radius 3 is 2.68 bits per heavy atom. The van der Waals surface area contributed by atoms with Crippen molar-refractivity contribution in [3.05, 3.63) is 64.2 Å². The van der Waals surface area contributed by atoms with Gasteiger partial charge in [0.2, 0.25) is 5.91 Å². The van der Waals surface area contributed by atoms with E-state index in [1.54, 1.807) is 4.57 Å². The van der Waals surface area contributed by atoms with E-state index >= 15 is 0 Å². The van der Waals surface area contributed by atoms with Gasteiger partial charge >= 0.3 is 6.18 Å². The molecule has 3 rings (SSSR count). The second kappa shape index (κ2) is 6.12. The number of rotatable bonds is 3. The van der Waals surface area contributed by atoms with Crippen molar-refractivity contribution < 1.29 is 18.0 Å². The summed E-state index contributed by atoms with van der Waals surface area (Å²) < 4.78 is 39.9. The molecule has 130 valence electrons. The fourth-order valence-corrected chi connectivity index (χ4v) is 2.63. The summed E-state index contributed by atoms with van der Waals surface area (Å²) >= 11 is 0. The van der Waals surface area contributed by atoms with Crippen LogP contribution in [-0.4, -0.2) is 15.5 Å². The van der Waals surface area contributed by atoms with Gasteiger partial charge in [0.15, 0.2) is 0 Å². The van der Waals surface area contributed by atoms with Gasteiger partial charge in [-0.1, -0.05) is 18.2 Å². The largest absolute Gasteiger partial charge is 0.417 e. The first-order chi connectivity index (χ1) is 11.8. The van der Waals surface area contributed by atoms with Crippen LogP contribution < -0.4 is 10.9 Å². The predicted molar refractivity (Wildman–Crippen MR) is 87.4 cm³/mol. The smallest absolute Gasteiger partial charge is 0.335 e. The molecule has 3 aromatic rings. The third-order valence-corrected chi connectivity index (χ3v) is 3.82. The number of aryl methyl sites for hydroxylation is 1. The van der Waals surface area contributed by atoms with E-state index < -0.39 is 28.9 Å². The standard InChI is InChI=1S/C17H14F3N3O2/c1-10-6-11-4-2-3-5-14(11)23(10)9-15(24)22-13-7-12(17(18,19)20)8-21-16(13)25/h2-8H,9H2,1H3,(H,21,25)(H,22,24). The minimum absolute atomic E-state index is 0.116. The number of carbonyl (C=O) groups excluding carboxylic acids is 1. The highest BCUT2D eigenvalue weighted by Crippen LogP contribution is 2.29. The summed E-state index contributed by atoms with van der Waals surface area (Å²) in [5.41, 5.74) is -0.614. The molecule has 2 heterocycles. The number of halogens is 3. The third-order valence-electron chi connectivity index (χ3n) is 3.82. The van der Waals surface area contributed by atoms with Crippen LogP contribution in [0.25, 0.3) is 10.9 Å². The molecule has 0 bridgehead atoms. The lowest BCUT2D eigenvalue weighted by Gasteiger charge is -2.11. The molecule has 0 aliphatic carbocycles. The summed E-state index contributed by atoms with van der Waals surface area (Å²) in [6, 6.07) is 9.96. The Morgan fingerprint density at radius 2 is 1.96 bits per heavy atom. The monoisotopic (exact) mass is 349 g/mol. The maximum atomic E-state index is 12.7. The van der Waals surface area contributed by atoms with Gasteiger partial charge in [-0.15, -0.1) is 0 Å². The van der Waals surface area contributed by atoms with Crippen LogP contribution in [0.5, 0.6) is 0 Å². The number of carbonyl (C=O) groups is 1.